The molecule has 4 aromatic rings. The molecule has 2 aromatic heterocycles. The summed E-state index contributed by atoms with van der Waals surface area (Å²) in [7, 11) is -2.92. The fourth-order valence-corrected chi connectivity index (χ4v) is 5.04. The summed E-state index contributed by atoms with van der Waals surface area (Å²) in [5.41, 5.74) is 8.59. The average Bonchev–Trinajstić information content (AvgIpc) is 3.43. The number of anilines is 1. The van der Waals surface area contributed by atoms with Crippen molar-refractivity contribution in [2.75, 3.05) is 30.3 Å². The molecule has 5 rings (SSSR count). The van der Waals surface area contributed by atoms with Gasteiger partial charge in [-0.3, -0.25) is 4.90 Å². The van der Waals surface area contributed by atoms with E-state index in [0.717, 1.165) is 11.1 Å². The number of halogens is 1. The highest BCUT2D eigenvalue weighted by Gasteiger charge is 2.22. The summed E-state index contributed by atoms with van der Waals surface area (Å²) in [6, 6.07) is 13.8. The monoisotopic (exact) mass is 468 g/mol. The average molecular weight is 469 g/mol. The van der Waals surface area contributed by atoms with E-state index in [9.17, 15) is 12.8 Å². The van der Waals surface area contributed by atoms with Crippen LogP contribution in [0, 0.1) is 5.82 Å². The number of nitrogens with two attached hydrogens (primary N) is 1. The molecular formula is C22H21FN6O3S. The zero-order valence-electron chi connectivity index (χ0n) is 17.6. The van der Waals surface area contributed by atoms with Crippen LogP contribution >= 0.6 is 0 Å². The molecule has 1 aliphatic rings. The summed E-state index contributed by atoms with van der Waals surface area (Å²) >= 11 is 0. The molecule has 2 aromatic carbocycles. The van der Waals surface area contributed by atoms with Crippen LogP contribution in [0.1, 0.15) is 5.56 Å². The third-order valence-electron chi connectivity index (χ3n) is 5.57. The Kier molecular flexibility index (Phi) is 5.43. The van der Waals surface area contributed by atoms with Gasteiger partial charge in [0.15, 0.2) is 9.84 Å². The van der Waals surface area contributed by atoms with Gasteiger partial charge in [-0.25, -0.2) is 17.5 Å². The van der Waals surface area contributed by atoms with E-state index in [0.29, 0.717) is 31.1 Å². The summed E-state index contributed by atoms with van der Waals surface area (Å²) in [6.07, 6.45) is 1.47. The van der Waals surface area contributed by atoms with Crippen LogP contribution < -0.4 is 5.73 Å². The first-order valence-corrected chi connectivity index (χ1v) is 12.2. The molecule has 3 heterocycles. The summed E-state index contributed by atoms with van der Waals surface area (Å²) < 4.78 is 44.2. The van der Waals surface area contributed by atoms with Crippen LogP contribution in [0.4, 0.5) is 10.2 Å². The topological polar surface area (TPSA) is 120 Å². The molecule has 0 atom stereocenters. The number of nitrogen functional groups attached to an aromatic ring is 1. The van der Waals surface area contributed by atoms with Gasteiger partial charge in [-0.1, -0.05) is 29.4 Å². The Morgan fingerprint density at radius 1 is 1.09 bits per heavy atom. The lowest BCUT2D eigenvalue weighted by Crippen LogP contribution is -2.39. The first-order chi connectivity index (χ1) is 15.9. The van der Waals surface area contributed by atoms with Crippen LogP contribution in [0.5, 0.6) is 0 Å². The van der Waals surface area contributed by atoms with Crippen LogP contribution in [0.2, 0.25) is 0 Å². The lowest BCUT2D eigenvalue weighted by atomic mass is 10.1. The number of sulfone groups is 1. The van der Waals surface area contributed by atoms with Gasteiger partial charge in [0.2, 0.25) is 5.82 Å². The zero-order chi connectivity index (χ0) is 23.0. The molecule has 0 aliphatic carbocycles. The van der Waals surface area contributed by atoms with Crippen LogP contribution in [0.15, 0.2) is 59.3 Å². The van der Waals surface area contributed by atoms with Gasteiger partial charge >= 0.3 is 0 Å². The maximum Gasteiger partial charge on any atom is 0.258 e. The number of nitrogens with zero attached hydrogens (tertiary/aromatic N) is 5. The van der Waals surface area contributed by atoms with Crippen LogP contribution in [0.25, 0.3) is 28.5 Å². The number of aromatic nitrogens is 4. The lowest BCUT2D eigenvalue weighted by molar-refractivity contribution is 0.287. The van der Waals surface area contributed by atoms with E-state index in [2.05, 4.69) is 20.1 Å². The smallest absolute Gasteiger partial charge is 0.258 e. The highest BCUT2D eigenvalue weighted by atomic mass is 32.2. The molecule has 0 spiro atoms. The van der Waals surface area contributed by atoms with E-state index in [-0.39, 0.29) is 28.8 Å². The Hall–Kier alpha value is -3.57. The number of rotatable bonds is 5. The standard InChI is InChI=1S/C22H21FN6O3S/c23-18-6-1-2-7-19(18)29-20(24)17(13-25-29)21-26-22(32-27-21)16-5-3-4-15(12-16)14-28-8-10-33(30,31)11-9-28/h1-7,12-13H,8-11,14,24H2. The molecule has 0 radical (unpaired) electrons. The second kappa shape index (κ2) is 8.41. The molecule has 0 unspecified atom stereocenters. The fraction of sp³-hybridized carbons (Fsp3) is 0.227. The number of benzene rings is 2. The molecule has 9 nitrogen and oxygen atoms in total. The lowest BCUT2D eigenvalue weighted by Gasteiger charge is -2.26. The van der Waals surface area contributed by atoms with Crippen LogP contribution in [0.3, 0.4) is 0 Å². The SMILES string of the molecule is Nc1c(-c2noc(-c3cccc(CN4CCS(=O)(=O)CC4)c3)n2)cnn1-c1ccccc1F. The van der Waals surface area contributed by atoms with Crippen molar-refractivity contribution in [2.45, 2.75) is 6.54 Å². The molecule has 0 saturated carbocycles. The predicted molar refractivity (Wildman–Crippen MR) is 121 cm³/mol. The van der Waals surface area contributed by atoms with Gasteiger partial charge < -0.3 is 10.3 Å². The van der Waals surface area contributed by atoms with E-state index in [1.807, 2.05) is 24.3 Å². The van der Waals surface area contributed by atoms with Gasteiger partial charge in [0, 0.05) is 25.2 Å². The maximum atomic E-state index is 14.1. The third kappa shape index (κ3) is 4.37. The zero-order valence-corrected chi connectivity index (χ0v) is 18.4. The second-order valence-electron chi connectivity index (χ2n) is 7.86. The van der Waals surface area contributed by atoms with Crippen LogP contribution in [-0.2, 0) is 16.4 Å². The molecule has 0 bridgehead atoms. The van der Waals surface area contributed by atoms with Crippen LogP contribution in [-0.4, -0.2) is 57.8 Å². The first-order valence-electron chi connectivity index (χ1n) is 10.3. The Labute approximate surface area is 189 Å². The molecule has 2 N–H and O–H groups in total. The highest BCUT2D eigenvalue weighted by molar-refractivity contribution is 7.91. The molecule has 11 heteroatoms. The molecule has 33 heavy (non-hydrogen) atoms. The maximum absolute atomic E-state index is 14.1. The van der Waals surface area contributed by atoms with Gasteiger partial charge in [-0.15, -0.1) is 0 Å². The van der Waals surface area contributed by atoms with Crippen molar-refractivity contribution in [1.82, 2.24) is 24.8 Å². The summed E-state index contributed by atoms with van der Waals surface area (Å²) in [6.45, 7) is 1.66. The van der Waals surface area contributed by atoms with Crippen molar-refractivity contribution in [3.05, 3.63) is 66.1 Å². The van der Waals surface area contributed by atoms with Gasteiger partial charge in [0.1, 0.15) is 17.3 Å². The number of hydrogen-bond donors (Lipinski definition) is 1. The van der Waals surface area contributed by atoms with E-state index in [1.165, 1.54) is 16.9 Å². The minimum atomic E-state index is -2.92. The Morgan fingerprint density at radius 2 is 1.88 bits per heavy atom. The van der Waals surface area contributed by atoms with Crippen molar-refractivity contribution >= 4 is 15.7 Å². The molecular weight excluding hydrogens is 447 g/mol. The predicted octanol–water partition coefficient (Wildman–Crippen LogP) is 2.54. The number of hydrogen-bond acceptors (Lipinski definition) is 8. The quantitative estimate of drug-likeness (QED) is 0.474. The van der Waals surface area contributed by atoms with E-state index < -0.39 is 15.7 Å². The first kappa shape index (κ1) is 21.3. The van der Waals surface area contributed by atoms with Crippen molar-refractivity contribution < 1.29 is 17.3 Å². The van der Waals surface area contributed by atoms with Crippen molar-refractivity contribution in [3.63, 3.8) is 0 Å². The number of para-hydroxylation sites is 1. The van der Waals surface area contributed by atoms with E-state index in [1.54, 1.807) is 18.2 Å². The Morgan fingerprint density at radius 3 is 2.67 bits per heavy atom. The largest absolute Gasteiger partial charge is 0.383 e. The van der Waals surface area contributed by atoms with Gasteiger partial charge in [-0.2, -0.15) is 10.1 Å². The third-order valence-corrected chi connectivity index (χ3v) is 7.18. The van der Waals surface area contributed by atoms with E-state index in [4.69, 9.17) is 10.3 Å². The molecule has 1 fully saturated rings. The molecule has 170 valence electrons. The normalized spacial score (nSPS) is 16.2. The highest BCUT2D eigenvalue weighted by Crippen LogP contribution is 2.29. The molecule has 1 aliphatic heterocycles. The van der Waals surface area contributed by atoms with Crippen molar-refractivity contribution in [3.8, 4) is 28.5 Å². The molecule has 0 amide bonds. The minimum absolute atomic E-state index is 0.182. The van der Waals surface area contributed by atoms with Crippen molar-refractivity contribution in [1.29, 1.82) is 0 Å². The minimum Gasteiger partial charge on any atom is -0.383 e. The fourth-order valence-electron chi connectivity index (χ4n) is 3.77. The summed E-state index contributed by atoms with van der Waals surface area (Å²) in [5, 5.41) is 8.20. The van der Waals surface area contributed by atoms with E-state index >= 15 is 0 Å². The summed E-state index contributed by atoms with van der Waals surface area (Å²) in [5.74, 6) is 0.670. The Bertz CT molecular complexity index is 1400. The van der Waals surface area contributed by atoms with Crippen molar-refractivity contribution in [2.24, 2.45) is 0 Å². The van der Waals surface area contributed by atoms with Gasteiger partial charge in [0.05, 0.1) is 23.3 Å². The van der Waals surface area contributed by atoms with Gasteiger partial charge in [0.25, 0.3) is 5.89 Å². The Balaban J connectivity index is 1.37. The molecule has 1 saturated heterocycles. The van der Waals surface area contributed by atoms with Gasteiger partial charge in [-0.05, 0) is 29.8 Å². The second-order valence-corrected chi connectivity index (χ2v) is 10.2. The summed E-state index contributed by atoms with van der Waals surface area (Å²) in [4.78, 5) is 6.56.